The van der Waals surface area contributed by atoms with Crippen molar-refractivity contribution in [1.29, 1.82) is 0 Å². The maximum absolute atomic E-state index is 13.2. The molecule has 3 N–H and O–H groups in total. The quantitative estimate of drug-likeness (QED) is 0.0228. The number of hydrogen-bond donors (Lipinski definition) is 3. The van der Waals surface area contributed by atoms with E-state index in [9.17, 15) is 34.5 Å². The zero-order valence-corrected chi connectivity index (χ0v) is 54.3. The Balaban J connectivity index is 2.65. The van der Waals surface area contributed by atoms with Crippen LogP contribution in [-0.4, -0.2) is 89.2 Å². The van der Waals surface area contributed by atoms with Crippen LogP contribution < -0.4 is 0 Å². The maximum Gasteiger partial charge on any atom is 0.335 e. The van der Waals surface area contributed by atoms with Crippen molar-refractivity contribution in [2.45, 2.75) is 353 Å². The van der Waals surface area contributed by atoms with Crippen molar-refractivity contribution in [3.05, 3.63) is 72.9 Å². The van der Waals surface area contributed by atoms with Gasteiger partial charge < -0.3 is 39.0 Å². The highest BCUT2D eigenvalue weighted by Gasteiger charge is 2.50. The first-order valence-corrected chi connectivity index (χ1v) is 34.9. The molecule has 0 aromatic carbocycles. The fourth-order valence-corrected chi connectivity index (χ4v) is 10.5. The number of carboxylic acid groups (broad SMARTS) is 1. The third-order valence-corrected chi connectivity index (χ3v) is 15.8. The first-order valence-electron chi connectivity index (χ1n) is 34.9. The summed E-state index contributed by atoms with van der Waals surface area (Å²) < 4.78 is 28.6. The summed E-state index contributed by atoms with van der Waals surface area (Å²) in [6.45, 7) is 5.92. The van der Waals surface area contributed by atoms with Crippen LogP contribution in [0.3, 0.4) is 0 Å². The van der Waals surface area contributed by atoms with E-state index in [-0.39, 0.29) is 25.9 Å². The van der Waals surface area contributed by atoms with E-state index in [2.05, 4.69) is 93.7 Å². The molecule has 12 heteroatoms. The first-order chi connectivity index (χ1) is 41.6. The number of carbonyl (C=O) groups is 4. The lowest BCUT2D eigenvalue weighted by atomic mass is 9.98. The summed E-state index contributed by atoms with van der Waals surface area (Å²) in [5.41, 5.74) is 0. The van der Waals surface area contributed by atoms with Crippen molar-refractivity contribution in [2.24, 2.45) is 0 Å². The van der Waals surface area contributed by atoms with Gasteiger partial charge in [-0.1, -0.05) is 280 Å². The van der Waals surface area contributed by atoms with Gasteiger partial charge in [-0.25, -0.2) is 4.79 Å². The number of ether oxygens (including phenoxy) is 5. The number of aliphatic carboxylic acids is 1. The molecule has 1 aliphatic heterocycles. The molecule has 12 nitrogen and oxygen atoms in total. The minimum Gasteiger partial charge on any atom is -0.479 e. The number of rotatable bonds is 60. The topological polar surface area (TPSA) is 175 Å². The molecule has 0 bridgehead atoms. The van der Waals surface area contributed by atoms with Gasteiger partial charge in [0.2, 0.25) is 0 Å². The molecule has 0 saturated carbocycles. The van der Waals surface area contributed by atoms with Gasteiger partial charge in [-0.05, 0) is 89.9 Å². The van der Waals surface area contributed by atoms with Crippen molar-refractivity contribution in [1.82, 2.24) is 0 Å². The third kappa shape index (κ3) is 49.8. The lowest BCUT2D eigenvalue weighted by Crippen LogP contribution is -2.61. The molecule has 0 aliphatic carbocycles. The molecular weight excluding hydrogens is 1070 g/mol. The van der Waals surface area contributed by atoms with E-state index in [1.165, 1.54) is 167 Å². The van der Waals surface area contributed by atoms with Crippen molar-refractivity contribution >= 4 is 23.9 Å². The molecular formula is C73H126O12. The van der Waals surface area contributed by atoms with Crippen LogP contribution in [0.5, 0.6) is 0 Å². The van der Waals surface area contributed by atoms with E-state index in [4.69, 9.17) is 23.7 Å². The van der Waals surface area contributed by atoms with E-state index in [1.807, 2.05) is 0 Å². The number of unbranched alkanes of at least 4 members (excludes halogenated alkanes) is 34. The predicted octanol–water partition coefficient (Wildman–Crippen LogP) is 19.2. The molecule has 490 valence electrons. The summed E-state index contributed by atoms with van der Waals surface area (Å²) in [5.74, 6) is -3.14. The van der Waals surface area contributed by atoms with Crippen molar-refractivity contribution in [3.8, 4) is 0 Å². The minimum absolute atomic E-state index is 0.0212. The Kier molecular flexibility index (Phi) is 56.3. The molecule has 1 aliphatic rings. The van der Waals surface area contributed by atoms with Gasteiger partial charge in [0, 0.05) is 19.3 Å². The minimum atomic E-state index is -1.92. The average Bonchev–Trinajstić information content (AvgIpc) is 2.79. The van der Waals surface area contributed by atoms with Gasteiger partial charge in [0.25, 0.3) is 0 Å². The molecule has 6 unspecified atom stereocenters. The number of allylic oxidation sites excluding steroid dienone is 12. The van der Waals surface area contributed by atoms with Gasteiger partial charge in [0.05, 0.1) is 6.61 Å². The second-order valence-electron chi connectivity index (χ2n) is 23.8. The average molecular weight is 1200 g/mol. The van der Waals surface area contributed by atoms with Crippen LogP contribution in [0.2, 0.25) is 0 Å². The molecule has 6 atom stereocenters. The number of esters is 3. The van der Waals surface area contributed by atoms with E-state index in [0.29, 0.717) is 19.3 Å². The number of carbonyl (C=O) groups excluding carboxylic acids is 3. The maximum atomic E-state index is 13.2. The number of aliphatic hydroxyl groups excluding tert-OH is 2. The van der Waals surface area contributed by atoms with Gasteiger partial charge in [-0.2, -0.15) is 0 Å². The summed E-state index contributed by atoms with van der Waals surface area (Å²) in [5, 5.41) is 31.7. The zero-order valence-electron chi connectivity index (χ0n) is 54.3. The predicted molar refractivity (Wildman–Crippen MR) is 349 cm³/mol. The highest BCUT2D eigenvalue weighted by Crippen LogP contribution is 2.27. The van der Waals surface area contributed by atoms with Crippen molar-refractivity contribution in [3.63, 3.8) is 0 Å². The van der Waals surface area contributed by atoms with Crippen molar-refractivity contribution in [2.75, 3.05) is 13.2 Å². The largest absolute Gasteiger partial charge is 0.479 e. The van der Waals surface area contributed by atoms with E-state index >= 15 is 0 Å². The molecule has 0 aromatic heterocycles. The van der Waals surface area contributed by atoms with Crippen molar-refractivity contribution < 1.29 is 58.2 Å². The molecule has 1 heterocycles. The standard InChI is InChI=1S/C73H126O12/c1-4-7-10-13-16-19-22-25-28-31-33-36-38-41-44-47-50-53-56-59-65(74)81-62-64(83-66(75)60-57-54-51-48-45-42-39-35-30-27-24-21-18-15-12-9-6-3)63-82-73-71(69(78)68(77)70(85-73)72(79)80)84-67(76)61-58-55-52-49-46-43-40-37-34-32-29-26-23-20-17-14-11-8-5-2/h8,11,17,20,25-26,28-29,34,37,43,46,64,68-71,73,77-78H,4-7,9-10,12-16,18-19,21-24,27,30-33,35-36,38-42,44-45,47-63H2,1-3H3,(H,79,80)/b11-8-,20-17-,28-25-,29-26-,37-34-,46-43-. The summed E-state index contributed by atoms with van der Waals surface area (Å²) >= 11 is 0. The smallest absolute Gasteiger partial charge is 0.335 e. The zero-order chi connectivity index (χ0) is 61.7. The molecule has 0 radical (unpaired) electrons. The van der Waals surface area contributed by atoms with Crippen LogP contribution in [0.1, 0.15) is 316 Å². The van der Waals surface area contributed by atoms with E-state index in [1.54, 1.807) is 0 Å². The SMILES string of the molecule is CC/C=C\C/C=C\C/C=C\C/C=C\C/C=C\CCCCCC(=O)OC1C(OCC(COC(=O)CCCCCCCCCCC/C=C\CCCCCCCC)OC(=O)CCCCCCCCCCCCCCCCCCC)OC(C(=O)O)C(O)C1O. The lowest BCUT2D eigenvalue weighted by Gasteiger charge is -2.40. The first kappa shape index (κ1) is 79.2. The second-order valence-corrected chi connectivity index (χ2v) is 23.8. The van der Waals surface area contributed by atoms with Gasteiger partial charge >= 0.3 is 23.9 Å². The molecule has 1 rings (SSSR count). The number of carboxylic acids is 1. The third-order valence-electron chi connectivity index (χ3n) is 15.8. The Hall–Kier alpha value is -3.84. The monoisotopic (exact) mass is 1190 g/mol. The molecule has 1 saturated heterocycles. The summed E-state index contributed by atoms with van der Waals surface area (Å²) in [6.07, 6.45) is 65.7. The molecule has 0 aromatic rings. The van der Waals surface area contributed by atoms with Gasteiger partial charge in [0.1, 0.15) is 18.8 Å². The summed E-state index contributed by atoms with van der Waals surface area (Å²) in [6, 6.07) is 0. The number of aliphatic hydroxyl groups is 2. The number of hydrogen-bond acceptors (Lipinski definition) is 11. The van der Waals surface area contributed by atoms with Gasteiger partial charge in [-0.3, -0.25) is 14.4 Å². The lowest BCUT2D eigenvalue weighted by molar-refractivity contribution is -0.301. The van der Waals surface area contributed by atoms with Gasteiger partial charge in [-0.15, -0.1) is 0 Å². The fourth-order valence-electron chi connectivity index (χ4n) is 10.5. The molecule has 0 amide bonds. The van der Waals surface area contributed by atoms with Crippen LogP contribution in [0, 0.1) is 0 Å². The second kappa shape index (κ2) is 60.4. The van der Waals surface area contributed by atoms with Gasteiger partial charge in [0.15, 0.2) is 24.6 Å². The Bertz CT molecular complexity index is 1750. The van der Waals surface area contributed by atoms with E-state index < -0.39 is 67.3 Å². The Labute approximate surface area is 518 Å². The summed E-state index contributed by atoms with van der Waals surface area (Å²) in [7, 11) is 0. The normalized spacial score (nSPS) is 17.9. The van der Waals surface area contributed by atoms with Crippen LogP contribution in [0.25, 0.3) is 0 Å². The van der Waals surface area contributed by atoms with Crippen LogP contribution in [-0.2, 0) is 42.9 Å². The summed E-state index contributed by atoms with van der Waals surface area (Å²) in [4.78, 5) is 51.5. The Morgan fingerprint density at radius 3 is 1.15 bits per heavy atom. The Morgan fingerprint density at radius 2 is 0.741 bits per heavy atom. The van der Waals surface area contributed by atoms with Crippen LogP contribution >= 0.6 is 0 Å². The molecule has 85 heavy (non-hydrogen) atoms. The molecule has 0 spiro atoms. The molecule has 1 fully saturated rings. The van der Waals surface area contributed by atoms with Crippen LogP contribution in [0.15, 0.2) is 72.9 Å². The Morgan fingerprint density at radius 1 is 0.400 bits per heavy atom. The highest BCUT2D eigenvalue weighted by atomic mass is 16.7. The van der Waals surface area contributed by atoms with E-state index in [0.717, 1.165) is 89.9 Å². The highest BCUT2D eigenvalue weighted by molar-refractivity contribution is 5.74. The van der Waals surface area contributed by atoms with Crippen LogP contribution in [0.4, 0.5) is 0 Å². The fraction of sp³-hybridized carbons (Fsp3) is 0.781.